The van der Waals surface area contributed by atoms with Crippen LogP contribution in [0.4, 0.5) is 0 Å². The molecular weight excluding hydrogens is 148 g/mol. The average molecular weight is 156 g/mol. The van der Waals surface area contributed by atoms with E-state index in [4.69, 9.17) is 0 Å². The van der Waals surface area contributed by atoms with Crippen molar-refractivity contribution in [1.82, 2.24) is 0 Å². The molecule has 0 heterocycles. The van der Waals surface area contributed by atoms with Gasteiger partial charge in [0.15, 0.2) is 0 Å². The van der Waals surface area contributed by atoms with E-state index < -0.39 is 0 Å². The quantitative estimate of drug-likeness (QED) is 0.621. The molecule has 0 unspecified atom stereocenters. The van der Waals surface area contributed by atoms with Crippen LogP contribution in [0.2, 0.25) is 0 Å². The van der Waals surface area contributed by atoms with Crippen LogP contribution in [0.25, 0.3) is 10.8 Å². The third-order valence-electron chi connectivity index (χ3n) is 1.77. The van der Waals surface area contributed by atoms with E-state index in [0.29, 0.717) is 5.75 Å². The number of phenolic OH excluding ortho intramolecular Hbond substituents is 1. The van der Waals surface area contributed by atoms with Gasteiger partial charge in [-0.2, -0.15) is 0 Å². The van der Waals surface area contributed by atoms with E-state index in [9.17, 15) is 5.11 Å². The first-order valence-corrected chi connectivity index (χ1v) is 3.54. The van der Waals surface area contributed by atoms with Crippen molar-refractivity contribution in [1.29, 1.82) is 0 Å². The summed E-state index contributed by atoms with van der Waals surface area (Å²) in [5.41, 5.74) is 0. The second-order valence-electron chi connectivity index (χ2n) is 2.50. The van der Waals surface area contributed by atoms with Crippen molar-refractivity contribution in [2.45, 2.75) is 0 Å². The highest BCUT2D eigenvalue weighted by Gasteiger charge is 1.94. The van der Waals surface area contributed by atoms with Gasteiger partial charge in [-0.15, -0.1) is 0 Å². The smallest absolute Gasteiger partial charge is 0.123 e. The molecule has 0 aliphatic rings. The first kappa shape index (κ1) is 8.60. The van der Waals surface area contributed by atoms with E-state index in [1.807, 2.05) is 36.4 Å². The molecule has 0 aromatic heterocycles. The molecule has 58 valence electrons. The molecule has 0 bridgehead atoms. The van der Waals surface area contributed by atoms with E-state index >= 15 is 0 Å². The third-order valence-corrected chi connectivity index (χ3v) is 1.77. The zero-order valence-electron chi connectivity index (χ0n) is 6.49. The van der Waals surface area contributed by atoms with Crippen molar-refractivity contribution in [2.24, 2.45) is 0 Å². The average Bonchev–Trinajstić information content (AvgIpc) is 2.06. The van der Waals surface area contributed by atoms with Gasteiger partial charge in [0.2, 0.25) is 0 Å². The lowest BCUT2D eigenvalue weighted by atomic mass is 10.1. The van der Waals surface area contributed by atoms with Gasteiger partial charge in [0.25, 0.3) is 0 Å². The molecule has 0 saturated carbocycles. The second kappa shape index (κ2) is 3.26. The van der Waals surface area contributed by atoms with E-state index in [1.165, 1.54) is 0 Å². The molecule has 4 radical (unpaired) electrons. The SMILES string of the molecule is Oc1cccc2ccccc12.[C]. The Kier molecular flexibility index (Phi) is 2.34. The van der Waals surface area contributed by atoms with Crippen LogP contribution < -0.4 is 0 Å². The Morgan fingerprint density at radius 2 is 1.50 bits per heavy atom. The fourth-order valence-electron chi connectivity index (χ4n) is 1.21. The van der Waals surface area contributed by atoms with Crippen molar-refractivity contribution in [3.63, 3.8) is 0 Å². The molecule has 0 fully saturated rings. The number of benzene rings is 2. The Morgan fingerprint density at radius 3 is 2.25 bits per heavy atom. The highest BCUT2D eigenvalue weighted by Crippen LogP contribution is 2.22. The Hall–Kier alpha value is -1.50. The van der Waals surface area contributed by atoms with Gasteiger partial charge >= 0.3 is 0 Å². The lowest BCUT2D eigenvalue weighted by Gasteiger charge is -1.97. The third kappa shape index (κ3) is 1.26. The van der Waals surface area contributed by atoms with Crippen molar-refractivity contribution in [3.05, 3.63) is 49.9 Å². The number of fused-ring (bicyclic) bond motifs is 1. The van der Waals surface area contributed by atoms with Crippen LogP contribution in [0.15, 0.2) is 42.5 Å². The zero-order chi connectivity index (χ0) is 7.68. The molecule has 2 rings (SSSR count). The first-order chi connectivity index (χ1) is 5.38. The fraction of sp³-hybridized carbons (Fsp3) is 0. The van der Waals surface area contributed by atoms with Gasteiger partial charge in [0, 0.05) is 12.8 Å². The minimum atomic E-state index is 0. The monoisotopic (exact) mass is 156 g/mol. The molecule has 1 heteroatoms. The summed E-state index contributed by atoms with van der Waals surface area (Å²) in [5.74, 6) is 0.350. The molecular formula is C11H8O. The molecule has 12 heavy (non-hydrogen) atoms. The molecule has 0 aliphatic carbocycles. The number of hydrogen-bond donors (Lipinski definition) is 1. The van der Waals surface area contributed by atoms with Crippen LogP contribution >= 0.6 is 0 Å². The van der Waals surface area contributed by atoms with Gasteiger partial charge in [-0.25, -0.2) is 0 Å². The number of hydrogen-bond acceptors (Lipinski definition) is 1. The van der Waals surface area contributed by atoms with Crippen molar-refractivity contribution < 1.29 is 5.11 Å². The number of rotatable bonds is 0. The standard InChI is InChI=1S/C10H8O.C/c11-10-7-3-5-8-4-1-2-6-9(8)10;/h1-7,11H;. The predicted molar refractivity (Wildman–Crippen MR) is 48.9 cm³/mol. The van der Waals surface area contributed by atoms with Gasteiger partial charge in [0.05, 0.1) is 0 Å². The molecule has 0 spiro atoms. The van der Waals surface area contributed by atoms with Gasteiger partial charge in [-0.1, -0.05) is 36.4 Å². The maximum Gasteiger partial charge on any atom is 0.123 e. The largest absolute Gasteiger partial charge is 0.507 e. The normalized spacial score (nSPS) is 9.33. The summed E-state index contributed by atoms with van der Waals surface area (Å²) >= 11 is 0. The lowest BCUT2D eigenvalue weighted by molar-refractivity contribution is 0.481. The molecule has 2 aromatic carbocycles. The summed E-state index contributed by atoms with van der Waals surface area (Å²) in [7, 11) is 0. The Morgan fingerprint density at radius 1 is 0.833 bits per heavy atom. The van der Waals surface area contributed by atoms with E-state index in [0.717, 1.165) is 10.8 Å². The molecule has 0 aliphatic heterocycles. The van der Waals surface area contributed by atoms with Crippen LogP contribution in [-0.4, -0.2) is 5.11 Å². The molecule has 1 nitrogen and oxygen atoms in total. The maximum atomic E-state index is 9.37. The van der Waals surface area contributed by atoms with Crippen LogP contribution in [0, 0.1) is 7.43 Å². The Labute approximate surface area is 72.3 Å². The zero-order valence-corrected chi connectivity index (χ0v) is 6.49. The van der Waals surface area contributed by atoms with E-state index in [1.54, 1.807) is 6.07 Å². The molecule has 0 amide bonds. The van der Waals surface area contributed by atoms with Crippen molar-refractivity contribution in [2.75, 3.05) is 0 Å². The van der Waals surface area contributed by atoms with E-state index in [-0.39, 0.29) is 7.43 Å². The van der Waals surface area contributed by atoms with Gasteiger partial charge in [-0.3, -0.25) is 0 Å². The molecule has 2 aromatic rings. The summed E-state index contributed by atoms with van der Waals surface area (Å²) in [4.78, 5) is 0. The summed E-state index contributed by atoms with van der Waals surface area (Å²) in [5, 5.41) is 11.4. The Bertz CT molecular complexity index is 374. The van der Waals surface area contributed by atoms with Gasteiger partial charge in [0.1, 0.15) is 5.75 Å². The van der Waals surface area contributed by atoms with E-state index in [2.05, 4.69) is 0 Å². The molecule has 1 N–H and O–H groups in total. The first-order valence-electron chi connectivity index (χ1n) is 3.54. The van der Waals surface area contributed by atoms with Gasteiger partial charge < -0.3 is 5.11 Å². The number of aromatic hydroxyl groups is 1. The van der Waals surface area contributed by atoms with Crippen molar-refractivity contribution in [3.8, 4) is 5.75 Å². The highest BCUT2D eigenvalue weighted by molar-refractivity contribution is 5.87. The Balaban J connectivity index is 0.000000720. The topological polar surface area (TPSA) is 20.2 Å². The predicted octanol–water partition coefficient (Wildman–Crippen LogP) is 2.63. The van der Waals surface area contributed by atoms with Crippen LogP contribution in [-0.2, 0) is 0 Å². The van der Waals surface area contributed by atoms with Crippen LogP contribution in [0.3, 0.4) is 0 Å². The van der Waals surface area contributed by atoms with Crippen LogP contribution in [0.5, 0.6) is 5.75 Å². The number of phenols is 1. The molecule has 0 saturated heterocycles. The molecule has 0 atom stereocenters. The fourth-order valence-corrected chi connectivity index (χ4v) is 1.21. The summed E-state index contributed by atoms with van der Waals surface area (Å²) < 4.78 is 0. The highest BCUT2D eigenvalue weighted by atomic mass is 16.3. The van der Waals surface area contributed by atoms with Crippen LogP contribution in [0.1, 0.15) is 0 Å². The minimum absolute atomic E-state index is 0. The summed E-state index contributed by atoms with van der Waals surface area (Å²) in [6.45, 7) is 0. The maximum absolute atomic E-state index is 9.37. The van der Waals surface area contributed by atoms with Gasteiger partial charge in [-0.05, 0) is 11.5 Å². The summed E-state index contributed by atoms with van der Waals surface area (Å²) in [6.07, 6.45) is 0. The van der Waals surface area contributed by atoms with Crippen molar-refractivity contribution >= 4 is 10.8 Å². The minimum Gasteiger partial charge on any atom is -0.507 e. The second-order valence-corrected chi connectivity index (χ2v) is 2.50. The summed E-state index contributed by atoms with van der Waals surface area (Å²) in [6, 6.07) is 13.3. The lowest BCUT2D eigenvalue weighted by Crippen LogP contribution is -1.70.